The maximum atomic E-state index is 12.6. The van der Waals surface area contributed by atoms with Crippen LogP contribution in [0.25, 0.3) is 0 Å². The van der Waals surface area contributed by atoms with Crippen molar-refractivity contribution in [3.05, 3.63) is 47.4 Å². The van der Waals surface area contributed by atoms with E-state index >= 15 is 0 Å². The zero-order valence-corrected chi connectivity index (χ0v) is 21.1. The first-order chi connectivity index (χ1) is 16.1. The van der Waals surface area contributed by atoms with Crippen LogP contribution in [-0.4, -0.2) is 59.5 Å². The Balaban J connectivity index is 1.54. The summed E-state index contributed by atoms with van der Waals surface area (Å²) in [6.07, 6.45) is 1.91. The predicted octanol–water partition coefficient (Wildman–Crippen LogP) is 3.20. The van der Waals surface area contributed by atoms with Gasteiger partial charge in [0, 0.05) is 62.8 Å². The molecule has 1 aromatic carbocycles. The standard InChI is InChI=1S/C26H37N7O/c1-19(2)32-10-12-33(13-11-32)22-8-6-20(7-9-22)14-24(34)29-17-21-16-28-23(15-27)31-25(21)30-18-26(3,4)5/h6-9,16,19H,10-14,17-18H2,1-5H3,(H,29,34)(H,28,30,31). The summed E-state index contributed by atoms with van der Waals surface area (Å²) in [5.74, 6) is 0.630. The second-order valence-corrected chi connectivity index (χ2v) is 10.3. The summed E-state index contributed by atoms with van der Waals surface area (Å²) in [5.41, 5.74) is 2.99. The zero-order valence-electron chi connectivity index (χ0n) is 21.1. The van der Waals surface area contributed by atoms with Gasteiger partial charge in [0.25, 0.3) is 0 Å². The van der Waals surface area contributed by atoms with Crippen molar-refractivity contribution in [2.45, 2.75) is 53.6 Å². The highest BCUT2D eigenvalue weighted by atomic mass is 16.1. The molecule has 3 rings (SSSR count). The second-order valence-electron chi connectivity index (χ2n) is 10.3. The molecule has 1 fully saturated rings. The molecule has 0 aliphatic carbocycles. The van der Waals surface area contributed by atoms with Gasteiger partial charge >= 0.3 is 0 Å². The van der Waals surface area contributed by atoms with Crippen molar-refractivity contribution in [3.8, 4) is 6.07 Å². The molecular weight excluding hydrogens is 426 g/mol. The van der Waals surface area contributed by atoms with Gasteiger partial charge in [-0.15, -0.1) is 0 Å². The van der Waals surface area contributed by atoms with Crippen molar-refractivity contribution in [2.24, 2.45) is 5.41 Å². The van der Waals surface area contributed by atoms with Gasteiger partial charge in [0.15, 0.2) is 0 Å². The SMILES string of the molecule is CC(C)N1CCN(c2ccc(CC(=O)NCc3cnc(C#N)nc3NCC(C)(C)C)cc2)CC1. The normalized spacial score (nSPS) is 14.7. The molecule has 0 radical (unpaired) electrons. The van der Waals surface area contributed by atoms with Crippen molar-refractivity contribution in [1.82, 2.24) is 20.2 Å². The van der Waals surface area contributed by atoms with Gasteiger partial charge in [-0.3, -0.25) is 9.69 Å². The van der Waals surface area contributed by atoms with Crippen LogP contribution in [0.4, 0.5) is 11.5 Å². The average Bonchev–Trinajstić information content (AvgIpc) is 2.81. The molecule has 0 spiro atoms. The molecule has 0 saturated carbocycles. The summed E-state index contributed by atoms with van der Waals surface area (Å²) in [6.45, 7) is 16.0. The minimum atomic E-state index is -0.0653. The summed E-state index contributed by atoms with van der Waals surface area (Å²) >= 11 is 0. The quantitative estimate of drug-likeness (QED) is 0.620. The Morgan fingerprint density at radius 3 is 2.41 bits per heavy atom. The Hall–Kier alpha value is -3.18. The highest BCUT2D eigenvalue weighted by Crippen LogP contribution is 2.19. The molecule has 2 N–H and O–H groups in total. The smallest absolute Gasteiger partial charge is 0.234 e. The van der Waals surface area contributed by atoms with E-state index in [4.69, 9.17) is 5.26 Å². The Bertz CT molecular complexity index is 997. The van der Waals surface area contributed by atoms with E-state index in [1.807, 2.05) is 18.2 Å². The van der Waals surface area contributed by atoms with Gasteiger partial charge in [0.05, 0.1) is 6.42 Å². The van der Waals surface area contributed by atoms with Crippen LogP contribution in [-0.2, 0) is 17.8 Å². The maximum Gasteiger partial charge on any atom is 0.234 e. The molecule has 8 heteroatoms. The Labute approximate surface area is 203 Å². The monoisotopic (exact) mass is 463 g/mol. The molecule has 1 saturated heterocycles. The fraction of sp³-hybridized carbons (Fsp3) is 0.538. The van der Waals surface area contributed by atoms with Crippen LogP contribution in [0, 0.1) is 16.7 Å². The average molecular weight is 464 g/mol. The highest BCUT2D eigenvalue weighted by molar-refractivity contribution is 5.78. The van der Waals surface area contributed by atoms with Crippen molar-refractivity contribution in [1.29, 1.82) is 5.26 Å². The number of piperazine rings is 1. The molecule has 0 bridgehead atoms. The number of nitrogens with zero attached hydrogens (tertiary/aromatic N) is 5. The molecule has 0 atom stereocenters. The van der Waals surface area contributed by atoms with Crippen LogP contribution >= 0.6 is 0 Å². The minimum Gasteiger partial charge on any atom is -0.369 e. The molecule has 1 aliphatic heterocycles. The number of carbonyl (C=O) groups is 1. The van der Waals surface area contributed by atoms with Gasteiger partial charge in [-0.25, -0.2) is 9.97 Å². The Morgan fingerprint density at radius 2 is 1.82 bits per heavy atom. The number of nitriles is 1. The fourth-order valence-electron chi connectivity index (χ4n) is 3.85. The largest absolute Gasteiger partial charge is 0.369 e. The third kappa shape index (κ3) is 7.42. The van der Waals surface area contributed by atoms with Gasteiger partial charge < -0.3 is 15.5 Å². The molecule has 2 aromatic rings. The first-order valence-corrected chi connectivity index (χ1v) is 12.0. The lowest BCUT2D eigenvalue weighted by atomic mass is 9.97. The van der Waals surface area contributed by atoms with Crippen LogP contribution < -0.4 is 15.5 Å². The van der Waals surface area contributed by atoms with Crippen LogP contribution in [0.15, 0.2) is 30.5 Å². The van der Waals surface area contributed by atoms with E-state index < -0.39 is 0 Å². The highest BCUT2D eigenvalue weighted by Gasteiger charge is 2.19. The molecule has 1 amide bonds. The molecular formula is C26H37N7O. The van der Waals surface area contributed by atoms with E-state index in [1.54, 1.807) is 6.20 Å². The molecule has 1 aliphatic rings. The Morgan fingerprint density at radius 1 is 1.15 bits per heavy atom. The summed E-state index contributed by atoms with van der Waals surface area (Å²) in [7, 11) is 0. The Kier molecular flexibility index (Phi) is 8.46. The van der Waals surface area contributed by atoms with Crippen molar-refractivity contribution >= 4 is 17.4 Å². The van der Waals surface area contributed by atoms with E-state index in [9.17, 15) is 4.79 Å². The minimum absolute atomic E-state index is 0.0481. The number of anilines is 2. The molecule has 1 aromatic heterocycles. The lowest BCUT2D eigenvalue weighted by Crippen LogP contribution is -2.48. The number of rotatable bonds is 8. The first kappa shape index (κ1) is 25.4. The first-order valence-electron chi connectivity index (χ1n) is 12.0. The van der Waals surface area contributed by atoms with E-state index in [0.29, 0.717) is 31.4 Å². The topological polar surface area (TPSA) is 97.2 Å². The number of amides is 1. The number of benzene rings is 1. The summed E-state index contributed by atoms with van der Waals surface area (Å²) < 4.78 is 0. The van der Waals surface area contributed by atoms with Gasteiger partial charge in [0.1, 0.15) is 11.9 Å². The third-order valence-corrected chi connectivity index (χ3v) is 5.94. The van der Waals surface area contributed by atoms with Crippen molar-refractivity contribution in [2.75, 3.05) is 42.9 Å². The predicted molar refractivity (Wildman–Crippen MR) is 136 cm³/mol. The third-order valence-electron chi connectivity index (χ3n) is 5.94. The molecule has 8 nitrogen and oxygen atoms in total. The number of nitrogens with one attached hydrogen (secondary N) is 2. The summed E-state index contributed by atoms with van der Waals surface area (Å²) in [4.78, 5) is 25.8. The van der Waals surface area contributed by atoms with Crippen LogP contribution in [0.1, 0.15) is 51.6 Å². The van der Waals surface area contributed by atoms with Gasteiger partial charge in [-0.1, -0.05) is 32.9 Å². The van der Waals surface area contributed by atoms with Gasteiger partial charge in [-0.2, -0.15) is 5.26 Å². The van der Waals surface area contributed by atoms with Gasteiger partial charge in [0.2, 0.25) is 11.7 Å². The maximum absolute atomic E-state index is 12.6. The zero-order chi connectivity index (χ0) is 24.7. The van der Waals surface area contributed by atoms with E-state index in [0.717, 1.165) is 37.3 Å². The summed E-state index contributed by atoms with van der Waals surface area (Å²) in [5, 5.41) is 15.4. The lowest BCUT2D eigenvalue weighted by molar-refractivity contribution is -0.120. The van der Waals surface area contributed by atoms with Crippen molar-refractivity contribution < 1.29 is 4.79 Å². The van der Waals surface area contributed by atoms with Crippen molar-refractivity contribution in [3.63, 3.8) is 0 Å². The van der Waals surface area contributed by atoms with Crippen LogP contribution in [0.2, 0.25) is 0 Å². The lowest BCUT2D eigenvalue weighted by Gasteiger charge is -2.38. The molecule has 0 unspecified atom stereocenters. The summed E-state index contributed by atoms with van der Waals surface area (Å²) in [6, 6.07) is 10.8. The van der Waals surface area contributed by atoms with E-state index in [2.05, 4.69) is 77.2 Å². The fourth-order valence-corrected chi connectivity index (χ4v) is 3.85. The second kappa shape index (κ2) is 11.3. The van der Waals surface area contributed by atoms with Crippen LogP contribution in [0.5, 0.6) is 0 Å². The number of hydrogen-bond acceptors (Lipinski definition) is 7. The number of hydrogen-bond donors (Lipinski definition) is 2. The van der Waals surface area contributed by atoms with Gasteiger partial charge in [-0.05, 0) is 37.0 Å². The number of carbonyl (C=O) groups excluding carboxylic acids is 1. The molecule has 182 valence electrons. The molecule has 2 heterocycles. The molecule has 34 heavy (non-hydrogen) atoms. The van der Waals surface area contributed by atoms with E-state index in [-0.39, 0.29) is 17.1 Å². The van der Waals surface area contributed by atoms with E-state index in [1.165, 1.54) is 5.69 Å². The number of aromatic nitrogens is 2. The van der Waals surface area contributed by atoms with Crippen LogP contribution in [0.3, 0.4) is 0 Å².